The van der Waals surface area contributed by atoms with E-state index >= 15 is 0 Å². The van der Waals surface area contributed by atoms with E-state index in [2.05, 4.69) is 51.9 Å². The highest BCUT2D eigenvalue weighted by molar-refractivity contribution is 5.73. The Bertz CT molecular complexity index is 1010. The van der Waals surface area contributed by atoms with Gasteiger partial charge in [-0.2, -0.15) is 0 Å². The van der Waals surface area contributed by atoms with Crippen molar-refractivity contribution in [3.05, 3.63) is 107 Å². The molecule has 0 radical (unpaired) electrons. The van der Waals surface area contributed by atoms with Gasteiger partial charge in [0, 0.05) is 32.2 Å². The van der Waals surface area contributed by atoms with Crippen LogP contribution in [-0.2, 0) is 25.8 Å². The molecule has 4 rings (SSSR count). The van der Waals surface area contributed by atoms with Crippen molar-refractivity contribution in [1.82, 2.24) is 15.5 Å². The summed E-state index contributed by atoms with van der Waals surface area (Å²) in [6.45, 7) is 2.82. The molecule has 2 N–H and O–H groups in total. The Morgan fingerprint density at radius 3 is 2.31 bits per heavy atom. The summed E-state index contributed by atoms with van der Waals surface area (Å²) < 4.78 is 13.3. The molecule has 0 aromatic heterocycles. The topological polar surface area (TPSA) is 44.4 Å². The zero-order chi connectivity index (χ0) is 22.2. The van der Waals surface area contributed by atoms with Crippen LogP contribution in [0.15, 0.2) is 78.9 Å². The van der Waals surface area contributed by atoms with Gasteiger partial charge in [-0.25, -0.2) is 9.18 Å². The van der Waals surface area contributed by atoms with Crippen LogP contribution >= 0.6 is 0 Å². The molecule has 1 aliphatic rings. The molecule has 1 aliphatic heterocycles. The van der Waals surface area contributed by atoms with Gasteiger partial charge < -0.3 is 10.6 Å². The van der Waals surface area contributed by atoms with Gasteiger partial charge in [-0.05, 0) is 53.6 Å². The zero-order valence-corrected chi connectivity index (χ0v) is 18.3. The highest BCUT2D eigenvalue weighted by Crippen LogP contribution is 2.25. The first kappa shape index (κ1) is 22.0. The molecule has 32 heavy (non-hydrogen) atoms. The number of urea groups is 1. The number of amides is 2. The third kappa shape index (κ3) is 6.17. The number of carbonyl (C=O) groups excluding carboxylic acids is 1. The van der Waals surface area contributed by atoms with Crippen LogP contribution in [0.4, 0.5) is 9.18 Å². The van der Waals surface area contributed by atoms with Crippen LogP contribution in [0.3, 0.4) is 0 Å². The van der Waals surface area contributed by atoms with Crippen molar-refractivity contribution >= 4 is 6.03 Å². The molecule has 5 heteroatoms. The average molecular weight is 432 g/mol. The number of carbonyl (C=O) groups is 1. The Kier molecular flexibility index (Phi) is 7.51. The van der Waals surface area contributed by atoms with Gasteiger partial charge in [0.05, 0.1) is 0 Å². The third-order valence-electron chi connectivity index (χ3n) is 6.07. The fraction of sp³-hybridized carbons (Fsp3) is 0.296. The Morgan fingerprint density at radius 2 is 1.53 bits per heavy atom. The fourth-order valence-corrected chi connectivity index (χ4v) is 4.34. The maximum atomic E-state index is 13.3. The molecule has 0 spiro atoms. The van der Waals surface area contributed by atoms with Gasteiger partial charge in [0.1, 0.15) is 5.82 Å². The van der Waals surface area contributed by atoms with Crippen molar-refractivity contribution < 1.29 is 9.18 Å². The lowest BCUT2D eigenvalue weighted by atomic mass is 9.90. The Balaban J connectivity index is 1.29. The van der Waals surface area contributed by atoms with Gasteiger partial charge in [0.15, 0.2) is 0 Å². The van der Waals surface area contributed by atoms with E-state index in [1.807, 2.05) is 30.3 Å². The molecular weight excluding hydrogens is 401 g/mol. The number of halogens is 1. The smallest absolute Gasteiger partial charge is 0.314 e. The molecular formula is C27H30FN3O. The van der Waals surface area contributed by atoms with Gasteiger partial charge in [0.2, 0.25) is 0 Å². The number of hydrogen-bond donors (Lipinski definition) is 2. The van der Waals surface area contributed by atoms with Crippen molar-refractivity contribution in [2.75, 3.05) is 19.6 Å². The minimum absolute atomic E-state index is 0.131. The van der Waals surface area contributed by atoms with E-state index in [4.69, 9.17) is 0 Å². The van der Waals surface area contributed by atoms with Crippen molar-refractivity contribution in [3.8, 4) is 0 Å². The lowest BCUT2D eigenvalue weighted by Crippen LogP contribution is -2.46. The van der Waals surface area contributed by atoms with Crippen LogP contribution in [0.1, 0.15) is 22.3 Å². The summed E-state index contributed by atoms with van der Waals surface area (Å²) in [6, 6.07) is 25.7. The van der Waals surface area contributed by atoms with Crippen molar-refractivity contribution in [3.63, 3.8) is 0 Å². The second-order valence-corrected chi connectivity index (χ2v) is 8.35. The molecule has 3 aromatic rings. The predicted octanol–water partition coefficient (Wildman–Crippen LogP) is 4.34. The lowest BCUT2D eigenvalue weighted by molar-refractivity contribution is 0.170. The molecule has 0 bridgehead atoms. The lowest BCUT2D eigenvalue weighted by Gasteiger charge is -2.37. The van der Waals surface area contributed by atoms with E-state index in [0.717, 1.165) is 37.9 Å². The van der Waals surface area contributed by atoms with Crippen LogP contribution in [0.25, 0.3) is 0 Å². The van der Waals surface area contributed by atoms with Crippen molar-refractivity contribution in [2.24, 2.45) is 0 Å². The molecule has 0 aliphatic carbocycles. The molecule has 4 nitrogen and oxygen atoms in total. The van der Waals surface area contributed by atoms with Crippen LogP contribution in [0.5, 0.6) is 0 Å². The van der Waals surface area contributed by atoms with Crippen LogP contribution in [0, 0.1) is 5.82 Å². The predicted molar refractivity (Wildman–Crippen MR) is 126 cm³/mol. The maximum Gasteiger partial charge on any atom is 0.314 e. The molecule has 1 unspecified atom stereocenters. The summed E-state index contributed by atoms with van der Waals surface area (Å²) in [7, 11) is 0. The molecule has 0 saturated carbocycles. The van der Waals surface area contributed by atoms with Gasteiger partial charge >= 0.3 is 6.03 Å². The number of rotatable bonds is 8. The molecule has 1 heterocycles. The Labute approximate surface area is 189 Å². The summed E-state index contributed by atoms with van der Waals surface area (Å²) in [5, 5.41) is 5.93. The van der Waals surface area contributed by atoms with Gasteiger partial charge in [-0.15, -0.1) is 0 Å². The Hall–Kier alpha value is -3.18. The summed E-state index contributed by atoms with van der Waals surface area (Å²) >= 11 is 0. The van der Waals surface area contributed by atoms with Gasteiger partial charge in [-0.3, -0.25) is 4.90 Å². The molecule has 3 aromatic carbocycles. The minimum Gasteiger partial charge on any atom is -0.338 e. The first-order valence-corrected chi connectivity index (χ1v) is 11.3. The first-order chi connectivity index (χ1) is 15.7. The Morgan fingerprint density at radius 1 is 0.844 bits per heavy atom. The average Bonchev–Trinajstić information content (AvgIpc) is 2.81. The fourth-order valence-electron chi connectivity index (χ4n) is 4.34. The summed E-state index contributed by atoms with van der Waals surface area (Å²) in [4.78, 5) is 14.6. The zero-order valence-electron chi connectivity index (χ0n) is 18.3. The van der Waals surface area contributed by atoms with E-state index in [-0.39, 0.29) is 11.8 Å². The number of hydrogen-bond acceptors (Lipinski definition) is 2. The molecule has 0 saturated heterocycles. The summed E-state index contributed by atoms with van der Waals surface area (Å²) in [5.41, 5.74) is 5.06. The molecule has 1 atom stereocenters. The van der Waals surface area contributed by atoms with Gasteiger partial charge in [-0.1, -0.05) is 66.7 Å². The highest BCUT2D eigenvalue weighted by atomic mass is 19.1. The van der Waals surface area contributed by atoms with Crippen LogP contribution in [-0.4, -0.2) is 36.6 Å². The summed E-state index contributed by atoms with van der Waals surface area (Å²) in [6.07, 6.45) is 2.63. The quantitative estimate of drug-likeness (QED) is 0.557. The van der Waals surface area contributed by atoms with E-state index < -0.39 is 0 Å². The normalized spacial score (nSPS) is 15.7. The van der Waals surface area contributed by atoms with Crippen LogP contribution in [0.2, 0.25) is 0 Å². The van der Waals surface area contributed by atoms with E-state index in [1.165, 1.54) is 28.8 Å². The monoisotopic (exact) mass is 431 g/mol. The first-order valence-electron chi connectivity index (χ1n) is 11.3. The molecule has 0 fully saturated rings. The third-order valence-corrected chi connectivity index (χ3v) is 6.07. The van der Waals surface area contributed by atoms with E-state index in [0.29, 0.717) is 19.1 Å². The van der Waals surface area contributed by atoms with E-state index in [1.54, 1.807) is 0 Å². The van der Waals surface area contributed by atoms with Crippen molar-refractivity contribution in [2.45, 2.75) is 31.8 Å². The minimum atomic E-state index is -0.206. The van der Waals surface area contributed by atoms with Gasteiger partial charge in [0.25, 0.3) is 0 Å². The van der Waals surface area contributed by atoms with Crippen molar-refractivity contribution in [1.29, 1.82) is 0 Å². The van der Waals surface area contributed by atoms with Crippen LogP contribution < -0.4 is 10.6 Å². The number of nitrogens with one attached hydrogen (secondary N) is 2. The molecule has 2 amide bonds. The second-order valence-electron chi connectivity index (χ2n) is 8.35. The number of nitrogens with zero attached hydrogens (tertiary/aromatic N) is 1. The largest absolute Gasteiger partial charge is 0.338 e. The maximum absolute atomic E-state index is 13.3. The number of benzene rings is 3. The highest BCUT2D eigenvalue weighted by Gasteiger charge is 2.25. The standard InChI is InChI=1S/C27H30FN3O/c28-25-12-10-22(11-13-25)18-26-19-23-8-4-5-9-24(23)20-31(26)17-16-30-27(32)29-15-14-21-6-2-1-3-7-21/h1-13,26H,14-20H2,(H2,29,30,32). The summed E-state index contributed by atoms with van der Waals surface area (Å²) in [5.74, 6) is -0.206. The number of fused-ring (bicyclic) bond motifs is 1. The SMILES string of the molecule is O=C(NCCc1ccccc1)NCCN1Cc2ccccc2CC1Cc1ccc(F)cc1. The molecule has 166 valence electrons. The second kappa shape index (κ2) is 10.9. The van der Waals surface area contributed by atoms with E-state index in [9.17, 15) is 9.18 Å².